The van der Waals surface area contributed by atoms with E-state index in [9.17, 15) is 0 Å². The topological polar surface area (TPSA) is 36.7 Å². The highest BCUT2D eigenvalue weighted by atomic mass is 32.1. The average molecular weight is 677 g/mol. The van der Waals surface area contributed by atoms with Crippen molar-refractivity contribution in [2.45, 2.75) is 45.5 Å². The van der Waals surface area contributed by atoms with Gasteiger partial charge in [-0.15, -0.1) is 22.7 Å². The highest BCUT2D eigenvalue weighted by Gasteiger charge is 2.80. The number of benzene rings is 2. The molecule has 1 aliphatic rings. The second kappa shape index (κ2) is 11.7. The number of hydrogen-bond acceptors (Lipinski definition) is 4. The van der Waals surface area contributed by atoms with Crippen molar-refractivity contribution >= 4 is 69.0 Å². The summed E-state index contributed by atoms with van der Waals surface area (Å²) < 4.78 is 93.8. The summed E-state index contributed by atoms with van der Waals surface area (Å²) in [6.45, 7) is 5.91. The fourth-order valence-corrected chi connectivity index (χ4v) is 8.13. The molecule has 0 saturated carbocycles. The first-order valence-corrected chi connectivity index (χ1v) is 16.1. The van der Waals surface area contributed by atoms with Crippen LogP contribution in [0, 0.1) is 39.0 Å². The lowest BCUT2D eigenvalue weighted by molar-refractivity contribution is -0.254. The predicted octanol–water partition coefficient (Wildman–Crippen LogP) is 11.6. The number of rotatable bonds is 6. The Morgan fingerprint density at radius 3 is 1.74 bits per heavy atom. The van der Waals surface area contributed by atoms with Gasteiger partial charge in [-0.25, -0.2) is 4.98 Å². The van der Waals surface area contributed by atoms with E-state index >= 15 is 26.3 Å². The molecular formula is C37H26F6N2S2. The first-order valence-electron chi connectivity index (χ1n) is 14.5. The normalized spacial score (nSPS) is 17.0. The summed E-state index contributed by atoms with van der Waals surface area (Å²) >= 11 is 2.13. The molecular weight excluding hydrogens is 651 g/mol. The maximum atomic E-state index is 15.8. The molecule has 2 nitrogen and oxygen atoms in total. The van der Waals surface area contributed by atoms with Crippen molar-refractivity contribution in [1.82, 2.24) is 4.98 Å². The van der Waals surface area contributed by atoms with E-state index in [1.54, 1.807) is 54.6 Å². The van der Waals surface area contributed by atoms with Crippen LogP contribution in [-0.2, 0) is 0 Å². The Balaban J connectivity index is 1.49. The van der Waals surface area contributed by atoms with Crippen molar-refractivity contribution in [3.05, 3.63) is 119 Å². The number of pyridine rings is 1. The molecule has 0 bridgehead atoms. The van der Waals surface area contributed by atoms with E-state index in [1.165, 1.54) is 27.7 Å². The molecule has 0 N–H and O–H groups in total. The van der Waals surface area contributed by atoms with Crippen LogP contribution in [0.5, 0.6) is 0 Å². The molecule has 0 spiro atoms. The molecule has 0 unspecified atom stereocenters. The number of nitriles is 1. The van der Waals surface area contributed by atoms with Crippen LogP contribution in [0.4, 0.5) is 26.3 Å². The summed E-state index contributed by atoms with van der Waals surface area (Å²) in [5.41, 5.74) is -0.349. The average Bonchev–Trinajstić information content (AvgIpc) is 3.52. The van der Waals surface area contributed by atoms with Gasteiger partial charge in [-0.05, 0) is 86.9 Å². The van der Waals surface area contributed by atoms with Gasteiger partial charge in [-0.2, -0.15) is 31.6 Å². The molecule has 1 aliphatic carbocycles. The van der Waals surface area contributed by atoms with Crippen molar-refractivity contribution in [3.63, 3.8) is 0 Å². The largest absolute Gasteiger partial charge is 0.380 e. The zero-order valence-electron chi connectivity index (χ0n) is 25.6. The molecule has 3 heterocycles. The minimum absolute atomic E-state index is 0.200. The third-order valence-corrected chi connectivity index (χ3v) is 10.7. The number of aromatic nitrogens is 1. The minimum Gasteiger partial charge on any atom is -0.248 e. The summed E-state index contributed by atoms with van der Waals surface area (Å²) in [5, 5.41) is 9.96. The smallest absolute Gasteiger partial charge is 0.248 e. The highest BCUT2D eigenvalue weighted by Crippen LogP contribution is 2.66. The molecule has 2 aromatic carbocycles. The summed E-state index contributed by atoms with van der Waals surface area (Å²) in [5.74, 6) is -16.0. The van der Waals surface area contributed by atoms with Gasteiger partial charge in [0.2, 0.25) is 0 Å². The number of hydrogen-bond donors (Lipinski definition) is 0. The van der Waals surface area contributed by atoms with E-state index in [0.29, 0.717) is 26.6 Å². The van der Waals surface area contributed by atoms with Crippen LogP contribution in [0.2, 0.25) is 0 Å². The maximum Gasteiger partial charge on any atom is 0.380 e. The fourth-order valence-electron chi connectivity index (χ4n) is 5.97. The first kappa shape index (κ1) is 32.5. The van der Waals surface area contributed by atoms with Crippen molar-refractivity contribution in [2.24, 2.45) is 0 Å². The predicted molar refractivity (Wildman–Crippen MR) is 180 cm³/mol. The number of allylic oxidation sites excluding steroid dienone is 2. The van der Waals surface area contributed by atoms with Gasteiger partial charge < -0.3 is 0 Å². The lowest BCUT2D eigenvalue weighted by Crippen LogP contribution is -2.49. The lowest BCUT2D eigenvalue weighted by atomic mass is 9.90. The number of thiophene rings is 2. The Hall–Kier alpha value is -4.46. The monoisotopic (exact) mass is 676 g/mol. The Morgan fingerprint density at radius 2 is 1.19 bits per heavy atom. The molecule has 6 rings (SSSR count). The van der Waals surface area contributed by atoms with Gasteiger partial charge >= 0.3 is 17.8 Å². The second-order valence-corrected chi connectivity index (χ2v) is 13.9. The Morgan fingerprint density at radius 1 is 0.660 bits per heavy atom. The Bertz CT molecular complexity index is 2180. The first-order chi connectivity index (χ1) is 22.2. The lowest BCUT2D eigenvalue weighted by Gasteiger charge is -2.26. The Kier molecular flexibility index (Phi) is 8.05. The van der Waals surface area contributed by atoms with Crippen LogP contribution in [0.15, 0.2) is 60.7 Å². The summed E-state index contributed by atoms with van der Waals surface area (Å²) in [6.07, 6.45) is 6.64. The molecule has 238 valence electrons. The molecule has 0 saturated heterocycles. The molecule has 0 fully saturated rings. The van der Waals surface area contributed by atoms with Crippen LogP contribution in [0.1, 0.15) is 58.6 Å². The van der Waals surface area contributed by atoms with Gasteiger partial charge in [0.15, 0.2) is 0 Å². The van der Waals surface area contributed by atoms with Gasteiger partial charge in [-0.3, -0.25) is 0 Å². The van der Waals surface area contributed by atoms with E-state index < -0.39 is 28.9 Å². The van der Waals surface area contributed by atoms with Crippen LogP contribution in [-0.4, -0.2) is 22.8 Å². The van der Waals surface area contributed by atoms with Crippen molar-refractivity contribution in [2.75, 3.05) is 0 Å². The van der Waals surface area contributed by atoms with Crippen molar-refractivity contribution in [3.8, 4) is 6.07 Å². The van der Waals surface area contributed by atoms with Gasteiger partial charge in [0.05, 0.1) is 22.8 Å². The van der Waals surface area contributed by atoms with Gasteiger partial charge in [-0.1, -0.05) is 42.5 Å². The van der Waals surface area contributed by atoms with Crippen molar-refractivity contribution < 1.29 is 26.3 Å². The minimum atomic E-state index is -5.66. The van der Waals surface area contributed by atoms with Crippen LogP contribution in [0.25, 0.3) is 46.4 Å². The van der Waals surface area contributed by atoms with E-state index in [2.05, 4.69) is 4.98 Å². The highest BCUT2D eigenvalue weighted by molar-refractivity contribution is 7.13. The quantitative estimate of drug-likeness (QED) is 0.168. The molecule has 47 heavy (non-hydrogen) atoms. The zero-order chi connectivity index (χ0) is 33.9. The summed E-state index contributed by atoms with van der Waals surface area (Å²) in [4.78, 5) is 5.95. The van der Waals surface area contributed by atoms with Crippen LogP contribution < -0.4 is 0 Å². The second-order valence-electron chi connectivity index (χ2n) is 11.3. The van der Waals surface area contributed by atoms with E-state index in [0.717, 1.165) is 33.6 Å². The van der Waals surface area contributed by atoms with Gasteiger partial charge in [0.25, 0.3) is 0 Å². The van der Waals surface area contributed by atoms with Crippen LogP contribution in [0.3, 0.4) is 0 Å². The molecule has 0 atom stereocenters. The molecule has 3 aromatic heterocycles. The molecule has 0 aliphatic heterocycles. The van der Waals surface area contributed by atoms with E-state index in [4.69, 9.17) is 5.26 Å². The standard InChI is InChI=1S/C37H26F6N2S2/c1-20-29(17-13-24-9-11-25(19-44)12-10-24)46-22(3)31(20)33-34(36(40,41)37(42,43)35(33,38)39)32-21(2)30(47-23(32)4)18-16-27-15-14-26-7-5-6-8-28(26)45-27/h5-18H,1-4H3. The van der Waals surface area contributed by atoms with Crippen LogP contribution >= 0.6 is 22.7 Å². The number of nitrogens with zero attached hydrogens (tertiary/aromatic N) is 2. The maximum absolute atomic E-state index is 15.8. The summed E-state index contributed by atoms with van der Waals surface area (Å²) in [7, 11) is 0. The number of halogens is 6. The van der Waals surface area contributed by atoms with Gasteiger partial charge in [0, 0.05) is 47.2 Å². The van der Waals surface area contributed by atoms with Gasteiger partial charge in [0.1, 0.15) is 0 Å². The third kappa shape index (κ3) is 5.22. The fraction of sp³-hybridized carbons (Fsp3) is 0.189. The molecule has 5 aromatic rings. The third-order valence-electron chi connectivity index (χ3n) is 8.38. The van der Waals surface area contributed by atoms with E-state index in [1.807, 2.05) is 36.4 Å². The zero-order valence-corrected chi connectivity index (χ0v) is 27.2. The number of aryl methyl sites for hydroxylation is 2. The number of para-hydroxylation sites is 1. The molecule has 0 amide bonds. The Labute approximate surface area is 275 Å². The van der Waals surface area contributed by atoms with Crippen molar-refractivity contribution in [1.29, 1.82) is 5.26 Å². The molecule has 10 heteroatoms. The number of alkyl halides is 6. The SMILES string of the molecule is Cc1sc(C=Cc2ccc(C#N)cc2)c(C)c1C1=C(c2c(C)sc(C=Cc3ccc4ccccc4n3)c2C)C(F)(F)C(F)(F)C1(F)F. The van der Waals surface area contributed by atoms with E-state index in [-0.39, 0.29) is 32.0 Å². The number of fused-ring (bicyclic) bond motifs is 1. The summed E-state index contributed by atoms with van der Waals surface area (Å²) in [6, 6.07) is 19.8. The molecule has 0 radical (unpaired) electrons.